The summed E-state index contributed by atoms with van der Waals surface area (Å²) in [6.07, 6.45) is -8.22. The van der Waals surface area contributed by atoms with Gasteiger partial charge in [0.2, 0.25) is 5.95 Å². The van der Waals surface area contributed by atoms with E-state index >= 15 is 0 Å². The molecule has 0 aliphatic carbocycles. The third-order valence-corrected chi connectivity index (χ3v) is 8.62. The van der Waals surface area contributed by atoms with Crippen LogP contribution in [-0.2, 0) is 32.2 Å². The van der Waals surface area contributed by atoms with Crippen LogP contribution in [0, 0.1) is 0 Å². The van der Waals surface area contributed by atoms with E-state index in [0.717, 1.165) is 10.9 Å². The van der Waals surface area contributed by atoms with Crippen molar-refractivity contribution < 1.29 is 57.3 Å². The summed E-state index contributed by atoms with van der Waals surface area (Å²) in [5, 5.41) is 32.7. The number of nitrogens with zero attached hydrogens (tertiary/aromatic N) is 6. The summed E-state index contributed by atoms with van der Waals surface area (Å²) >= 11 is 0. The molecule has 0 saturated carbocycles. The molecule has 4 aromatic rings. The van der Waals surface area contributed by atoms with Crippen molar-refractivity contribution in [2.45, 2.75) is 49.1 Å². The van der Waals surface area contributed by atoms with E-state index < -0.39 is 83.9 Å². The minimum atomic E-state index is -5.14. The average molecular weight is 675 g/mol. The summed E-state index contributed by atoms with van der Waals surface area (Å²) in [4.78, 5) is 50.2. The van der Waals surface area contributed by atoms with Crippen LogP contribution >= 0.6 is 16.1 Å². The Bertz CT molecular complexity index is 1850. The summed E-state index contributed by atoms with van der Waals surface area (Å²) in [7, 11) is -8.59. The highest BCUT2D eigenvalue weighted by atomic mass is 31.2. The van der Waals surface area contributed by atoms with Gasteiger partial charge >= 0.3 is 16.1 Å². The first-order chi connectivity index (χ1) is 21.3. The molecule has 24 heteroatoms. The quantitative estimate of drug-likeness (QED) is 0.0806. The van der Waals surface area contributed by atoms with Gasteiger partial charge in [-0.15, -0.1) is 0 Å². The molecule has 45 heavy (non-hydrogen) atoms. The number of nitrogens with two attached hydrogens (primary N) is 2. The number of rotatable bonds is 10. The molecular formula is C21H27N9O13P2. The van der Waals surface area contributed by atoms with Gasteiger partial charge in [-0.25, -0.2) is 19.5 Å². The first-order valence-electron chi connectivity index (χ1n) is 13.0. The van der Waals surface area contributed by atoms with Crippen LogP contribution in [0.3, 0.4) is 0 Å². The number of aliphatic hydroxyl groups is 3. The second-order valence-electron chi connectivity index (χ2n) is 10.0. The Labute approximate surface area is 250 Å². The van der Waals surface area contributed by atoms with E-state index in [1.54, 1.807) is 6.07 Å². The molecule has 6 heterocycles. The van der Waals surface area contributed by atoms with Gasteiger partial charge in [0.25, 0.3) is 5.56 Å². The first kappa shape index (κ1) is 31.6. The van der Waals surface area contributed by atoms with Crippen molar-refractivity contribution >= 4 is 50.0 Å². The number of hydrogen-bond donors (Lipinski definition) is 8. The Morgan fingerprint density at radius 1 is 1.02 bits per heavy atom. The number of nitrogen functional groups attached to an aromatic ring is 2. The topological polar surface area (TPSA) is 328 Å². The van der Waals surface area contributed by atoms with E-state index in [0.29, 0.717) is 11.0 Å². The summed E-state index contributed by atoms with van der Waals surface area (Å²) in [5.41, 5.74) is 10.8. The molecule has 2 aliphatic heterocycles. The summed E-state index contributed by atoms with van der Waals surface area (Å²) in [6, 6.07) is 1.58. The molecule has 2 fully saturated rings. The highest BCUT2D eigenvalue weighted by molar-refractivity contribution is 7.47. The molecule has 6 rings (SSSR count). The first-order valence-corrected chi connectivity index (χ1v) is 15.8. The van der Waals surface area contributed by atoms with Gasteiger partial charge in [-0.05, 0) is 6.07 Å². The Hall–Kier alpha value is -3.37. The van der Waals surface area contributed by atoms with E-state index in [2.05, 4.69) is 29.4 Å². The number of H-pyrrole nitrogens is 1. The maximum Gasteiger partial charge on any atom is 0.472 e. The van der Waals surface area contributed by atoms with Crippen molar-refractivity contribution in [2.75, 3.05) is 24.7 Å². The number of phosphoric acid groups is 1. The van der Waals surface area contributed by atoms with Crippen molar-refractivity contribution in [3.05, 3.63) is 35.3 Å². The third-order valence-electron chi connectivity index (χ3n) is 7.22. The minimum Gasteiger partial charge on any atom is -0.387 e. The van der Waals surface area contributed by atoms with Gasteiger partial charge in [-0.2, -0.15) is 4.98 Å². The minimum absolute atomic E-state index is 0.139. The molecule has 2 aliphatic rings. The highest BCUT2D eigenvalue weighted by Crippen LogP contribution is 2.50. The number of hydrogen-bond acceptors (Lipinski definition) is 17. The zero-order valence-electron chi connectivity index (χ0n) is 22.6. The van der Waals surface area contributed by atoms with Gasteiger partial charge in [0.15, 0.2) is 23.6 Å². The van der Waals surface area contributed by atoms with Gasteiger partial charge in [0, 0.05) is 6.20 Å². The van der Waals surface area contributed by atoms with E-state index in [9.17, 15) is 34.1 Å². The van der Waals surface area contributed by atoms with Crippen LogP contribution in [0.5, 0.6) is 0 Å². The van der Waals surface area contributed by atoms with Gasteiger partial charge in [-0.3, -0.25) is 28.0 Å². The molecule has 0 amide bonds. The summed E-state index contributed by atoms with van der Waals surface area (Å²) in [5.74, 6) is -0.115. The summed E-state index contributed by atoms with van der Waals surface area (Å²) in [6.45, 7) is -1.40. The highest BCUT2D eigenvalue weighted by Gasteiger charge is 2.51. The molecule has 2 saturated heterocycles. The average Bonchev–Trinajstić information content (AvgIpc) is 3.73. The standard InChI is InChI=1S/C21H27N9O13P2/c22-15-7-1-2-29(16(7)25-5-24-15)19-13(33)11(31)9(41-19)4-40-45(37,38)43-14-12(32)8(3-39-44(35)36)42-20(14)30-6-26-10-17(30)27-21(23)28-18(10)34/h1-2,5-6,8-9,11-14,19-20,31-33,44H,3-4H2,(H,35,36)(H,37,38)(H2,22,24,25)(H3,23,27,28,34)/t8-,9-,11?,12?,13?,14?,19-,20-/m1/s1. The zero-order valence-corrected chi connectivity index (χ0v) is 24.5. The van der Waals surface area contributed by atoms with E-state index in [4.69, 9.17) is 34.9 Å². The Morgan fingerprint density at radius 2 is 1.76 bits per heavy atom. The largest absolute Gasteiger partial charge is 0.472 e. The lowest BCUT2D eigenvalue weighted by molar-refractivity contribution is -0.0608. The van der Waals surface area contributed by atoms with E-state index in [-0.39, 0.29) is 22.9 Å². The fraction of sp³-hybridized carbons (Fsp3) is 0.476. The van der Waals surface area contributed by atoms with Gasteiger partial charge < -0.3 is 55.1 Å². The van der Waals surface area contributed by atoms with Crippen LogP contribution in [-0.4, -0.2) is 109 Å². The van der Waals surface area contributed by atoms with E-state index in [1.165, 1.54) is 17.1 Å². The van der Waals surface area contributed by atoms with Gasteiger partial charge in [0.1, 0.15) is 54.4 Å². The zero-order chi connectivity index (χ0) is 32.2. The van der Waals surface area contributed by atoms with E-state index in [1.807, 2.05) is 0 Å². The molecule has 22 nitrogen and oxygen atoms in total. The number of imidazole rings is 1. The lowest BCUT2D eigenvalue weighted by atomic mass is 10.1. The van der Waals surface area contributed by atoms with Crippen LogP contribution in [0.15, 0.2) is 29.7 Å². The van der Waals surface area contributed by atoms with Crippen LogP contribution in [0.2, 0.25) is 0 Å². The van der Waals surface area contributed by atoms with Gasteiger partial charge in [-0.1, -0.05) is 0 Å². The predicted octanol–water partition coefficient (Wildman–Crippen LogP) is -2.49. The number of nitrogens with one attached hydrogen (secondary N) is 1. The number of aromatic amines is 1. The SMILES string of the molecule is Nc1nc2c(ncn2[C@@H]2O[C@H](CO[PH](=O)O)C(O)C2OP(=O)(O)OC[C@H]2O[C@@H](n3ccc4c(N)ncnc43)C(O)C2O)c(=O)[nH]1. The second-order valence-corrected chi connectivity index (χ2v) is 12.2. The monoisotopic (exact) mass is 675 g/mol. The Balaban J connectivity index is 1.20. The third kappa shape index (κ3) is 5.99. The fourth-order valence-electron chi connectivity index (χ4n) is 5.12. The number of anilines is 2. The Morgan fingerprint density at radius 3 is 2.51 bits per heavy atom. The van der Waals surface area contributed by atoms with Crippen molar-refractivity contribution in [3.63, 3.8) is 0 Å². The Kier molecular flexibility index (Phi) is 8.50. The van der Waals surface area contributed by atoms with Gasteiger partial charge in [0.05, 0.1) is 24.9 Å². The predicted molar refractivity (Wildman–Crippen MR) is 148 cm³/mol. The second kappa shape index (κ2) is 12.1. The molecule has 0 aromatic carbocycles. The molecular weight excluding hydrogens is 648 g/mol. The van der Waals surface area contributed by atoms with Crippen LogP contribution in [0.1, 0.15) is 12.5 Å². The fourth-order valence-corrected chi connectivity index (χ4v) is 6.36. The van der Waals surface area contributed by atoms with Crippen LogP contribution in [0.25, 0.3) is 22.2 Å². The maximum atomic E-state index is 13.1. The van der Waals surface area contributed by atoms with Crippen molar-refractivity contribution in [1.82, 2.24) is 34.1 Å². The smallest absolute Gasteiger partial charge is 0.387 e. The molecule has 0 bridgehead atoms. The lowest BCUT2D eigenvalue weighted by Crippen LogP contribution is -2.36. The molecule has 10 N–H and O–H groups in total. The molecule has 6 unspecified atom stereocenters. The number of aliphatic hydroxyl groups excluding tert-OH is 3. The summed E-state index contributed by atoms with van der Waals surface area (Å²) < 4.78 is 53.2. The number of ether oxygens (including phenoxy) is 2. The molecule has 10 atom stereocenters. The molecule has 244 valence electrons. The van der Waals surface area contributed by atoms with Crippen LogP contribution < -0.4 is 17.0 Å². The molecule has 0 radical (unpaired) electrons. The molecule has 4 aromatic heterocycles. The lowest BCUT2D eigenvalue weighted by Gasteiger charge is -2.25. The normalized spacial score (nSPS) is 30.7. The van der Waals surface area contributed by atoms with Crippen molar-refractivity contribution in [3.8, 4) is 0 Å². The van der Waals surface area contributed by atoms with Crippen molar-refractivity contribution in [2.24, 2.45) is 0 Å². The van der Waals surface area contributed by atoms with Crippen LogP contribution in [0.4, 0.5) is 11.8 Å². The number of phosphoric ester groups is 1. The number of aromatic nitrogens is 7. The maximum absolute atomic E-state index is 13.1. The number of fused-ring (bicyclic) bond motifs is 2. The van der Waals surface area contributed by atoms with Crippen molar-refractivity contribution in [1.29, 1.82) is 0 Å². The molecule has 0 spiro atoms.